The van der Waals surface area contributed by atoms with Gasteiger partial charge in [0, 0.05) is 25.2 Å². The minimum absolute atomic E-state index is 0.203. The van der Waals surface area contributed by atoms with Gasteiger partial charge in [-0.15, -0.1) is 0 Å². The molecule has 5 heteroatoms. The molecule has 0 saturated carbocycles. The van der Waals surface area contributed by atoms with Crippen LogP contribution in [0.4, 0.5) is 15.8 Å². The average molecular weight is 255 g/mol. The molecule has 0 bridgehead atoms. The Morgan fingerprint density at radius 3 is 2.56 bits per heavy atom. The van der Waals surface area contributed by atoms with Crippen LogP contribution in [0, 0.1) is 5.82 Å². The molecule has 18 heavy (non-hydrogen) atoms. The first-order chi connectivity index (χ1) is 8.62. The van der Waals surface area contributed by atoms with Crippen molar-refractivity contribution in [3.05, 3.63) is 17.9 Å². The Labute approximate surface area is 108 Å². The number of nitrogens with zero attached hydrogens (tertiary/aromatic N) is 1. The molecule has 0 amide bonds. The lowest BCUT2D eigenvalue weighted by molar-refractivity contribution is 0.316. The quantitative estimate of drug-likeness (QED) is 0.733. The van der Waals surface area contributed by atoms with Gasteiger partial charge in [0.05, 0.1) is 18.5 Å². The Bertz CT molecular complexity index is 381. The minimum atomic E-state index is -0.440. The van der Waals surface area contributed by atoms with Crippen LogP contribution in [0.2, 0.25) is 0 Å². The highest BCUT2D eigenvalue weighted by atomic mass is 19.1. The fourth-order valence-corrected chi connectivity index (χ4v) is 1.77. The highest BCUT2D eigenvalue weighted by Gasteiger charge is 2.08. The van der Waals surface area contributed by atoms with Gasteiger partial charge < -0.3 is 20.7 Å². The highest BCUT2D eigenvalue weighted by Crippen LogP contribution is 2.27. The number of halogens is 1. The molecule has 1 aromatic rings. The summed E-state index contributed by atoms with van der Waals surface area (Å²) in [6.07, 6.45) is 0. The van der Waals surface area contributed by atoms with Crippen LogP contribution in [0.5, 0.6) is 5.75 Å². The van der Waals surface area contributed by atoms with Crippen molar-refractivity contribution in [1.29, 1.82) is 0 Å². The van der Waals surface area contributed by atoms with E-state index in [9.17, 15) is 4.39 Å². The van der Waals surface area contributed by atoms with E-state index in [0.717, 1.165) is 26.2 Å². The maximum absolute atomic E-state index is 13.3. The zero-order valence-electron chi connectivity index (χ0n) is 11.3. The molecule has 102 valence electrons. The van der Waals surface area contributed by atoms with Crippen LogP contribution >= 0.6 is 0 Å². The van der Waals surface area contributed by atoms with Gasteiger partial charge in [-0.05, 0) is 13.1 Å². The number of anilines is 2. The molecule has 1 rings (SSSR count). The van der Waals surface area contributed by atoms with Crippen LogP contribution in [0.3, 0.4) is 0 Å². The molecule has 0 aliphatic heterocycles. The summed E-state index contributed by atoms with van der Waals surface area (Å²) in [6.45, 7) is 7.96. The second kappa shape index (κ2) is 7.06. The molecule has 0 aliphatic rings. The third-order valence-electron chi connectivity index (χ3n) is 2.96. The van der Waals surface area contributed by atoms with E-state index in [1.807, 2.05) is 0 Å². The summed E-state index contributed by atoms with van der Waals surface area (Å²) in [4.78, 5) is 2.30. The molecule has 0 radical (unpaired) electrons. The van der Waals surface area contributed by atoms with Crippen molar-refractivity contribution in [2.75, 3.05) is 44.3 Å². The van der Waals surface area contributed by atoms with Gasteiger partial charge in [-0.25, -0.2) is 4.39 Å². The Morgan fingerprint density at radius 1 is 1.33 bits per heavy atom. The molecule has 0 atom stereocenters. The Hall–Kier alpha value is -1.49. The van der Waals surface area contributed by atoms with Gasteiger partial charge in [-0.2, -0.15) is 0 Å². The van der Waals surface area contributed by atoms with E-state index in [-0.39, 0.29) is 5.75 Å². The predicted octanol–water partition coefficient (Wildman–Crippen LogP) is 2.17. The third-order valence-corrected chi connectivity index (χ3v) is 2.96. The monoisotopic (exact) mass is 255 g/mol. The molecule has 0 aliphatic carbocycles. The van der Waals surface area contributed by atoms with Gasteiger partial charge in [0.15, 0.2) is 11.6 Å². The maximum Gasteiger partial charge on any atom is 0.167 e. The van der Waals surface area contributed by atoms with E-state index in [1.54, 1.807) is 6.07 Å². The third kappa shape index (κ3) is 3.77. The molecule has 0 aromatic heterocycles. The minimum Gasteiger partial charge on any atom is -0.494 e. The predicted molar refractivity (Wildman–Crippen MR) is 73.6 cm³/mol. The highest BCUT2D eigenvalue weighted by molar-refractivity contribution is 5.68. The summed E-state index contributed by atoms with van der Waals surface area (Å²) in [6, 6.07) is 2.87. The number of nitrogen functional groups attached to an aromatic ring is 1. The standard InChI is InChI=1S/C13H22FN3O/c1-4-17(5-2)7-6-16-12-9-13(18-3)10(14)8-11(12)15/h8-9,16H,4-7,15H2,1-3H3. The topological polar surface area (TPSA) is 50.5 Å². The Morgan fingerprint density at radius 2 is 2.00 bits per heavy atom. The second-order valence-corrected chi connectivity index (χ2v) is 4.03. The molecule has 4 nitrogen and oxygen atoms in total. The number of ether oxygens (including phenoxy) is 1. The van der Waals surface area contributed by atoms with Crippen molar-refractivity contribution in [1.82, 2.24) is 4.90 Å². The van der Waals surface area contributed by atoms with E-state index >= 15 is 0 Å². The number of benzene rings is 1. The van der Waals surface area contributed by atoms with E-state index in [2.05, 4.69) is 24.1 Å². The molecular weight excluding hydrogens is 233 g/mol. The van der Waals surface area contributed by atoms with Crippen molar-refractivity contribution in [3.8, 4) is 5.75 Å². The largest absolute Gasteiger partial charge is 0.494 e. The van der Waals surface area contributed by atoms with Gasteiger partial charge in [-0.1, -0.05) is 13.8 Å². The van der Waals surface area contributed by atoms with Crippen LogP contribution < -0.4 is 15.8 Å². The molecule has 1 aromatic carbocycles. The van der Waals surface area contributed by atoms with Crippen LogP contribution in [-0.4, -0.2) is 38.2 Å². The number of hydrogen-bond acceptors (Lipinski definition) is 4. The molecular formula is C13H22FN3O. The molecule has 0 heterocycles. The van der Waals surface area contributed by atoms with Gasteiger partial charge in [0.1, 0.15) is 0 Å². The molecule has 0 spiro atoms. The summed E-state index contributed by atoms with van der Waals surface area (Å²) in [5.41, 5.74) is 6.86. The molecule has 0 saturated heterocycles. The number of hydrogen-bond donors (Lipinski definition) is 2. The van der Waals surface area contributed by atoms with Crippen molar-refractivity contribution >= 4 is 11.4 Å². The van der Waals surface area contributed by atoms with E-state index in [1.165, 1.54) is 13.2 Å². The zero-order chi connectivity index (χ0) is 13.5. The maximum atomic E-state index is 13.3. The summed E-state index contributed by atoms with van der Waals surface area (Å²) >= 11 is 0. The normalized spacial score (nSPS) is 10.7. The molecule has 0 unspecified atom stereocenters. The van der Waals surface area contributed by atoms with E-state index < -0.39 is 5.82 Å². The molecule has 0 fully saturated rings. The summed E-state index contributed by atoms with van der Waals surface area (Å²) < 4.78 is 18.3. The van der Waals surface area contributed by atoms with Crippen LogP contribution in [0.15, 0.2) is 12.1 Å². The van der Waals surface area contributed by atoms with Crippen LogP contribution in [-0.2, 0) is 0 Å². The fraction of sp³-hybridized carbons (Fsp3) is 0.538. The number of rotatable bonds is 7. The second-order valence-electron chi connectivity index (χ2n) is 4.03. The van der Waals surface area contributed by atoms with Gasteiger partial charge >= 0.3 is 0 Å². The van der Waals surface area contributed by atoms with Gasteiger partial charge in [0.2, 0.25) is 0 Å². The first-order valence-corrected chi connectivity index (χ1v) is 6.21. The number of likely N-dealkylation sites (N-methyl/N-ethyl adjacent to an activating group) is 1. The lowest BCUT2D eigenvalue weighted by atomic mass is 10.2. The van der Waals surface area contributed by atoms with Gasteiger partial charge in [-0.3, -0.25) is 0 Å². The summed E-state index contributed by atoms with van der Waals surface area (Å²) in [5, 5.41) is 3.20. The fourth-order valence-electron chi connectivity index (χ4n) is 1.77. The zero-order valence-corrected chi connectivity index (χ0v) is 11.3. The van der Waals surface area contributed by atoms with Crippen molar-refractivity contribution in [3.63, 3.8) is 0 Å². The van der Waals surface area contributed by atoms with Gasteiger partial charge in [0.25, 0.3) is 0 Å². The lowest BCUT2D eigenvalue weighted by Crippen LogP contribution is -2.28. The van der Waals surface area contributed by atoms with Crippen molar-refractivity contribution in [2.45, 2.75) is 13.8 Å². The lowest BCUT2D eigenvalue weighted by Gasteiger charge is -2.19. The number of nitrogens with one attached hydrogen (secondary N) is 1. The first kappa shape index (κ1) is 14.6. The Kier molecular flexibility index (Phi) is 5.71. The SMILES string of the molecule is CCN(CC)CCNc1cc(OC)c(F)cc1N. The molecule has 3 N–H and O–H groups in total. The smallest absolute Gasteiger partial charge is 0.167 e. The van der Waals surface area contributed by atoms with E-state index in [0.29, 0.717) is 11.4 Å². The average Bonchev–Trinajstić information content (AvgIpc) is 2.37. The summed E-state index contributed by atoms with van der Waals surface area (Å²) in [5.74, 6) is -0.237. The van der Waals surface area contributed by atoms with Crippen LogP contribution in [0.25, 0.3) is 0 Å². The van der Waals surface area contributed by atoms with Crippen LogP contribution in [0.1, 0.15) is 13.8 Å². The van der Waals surface area contributed by atoms with E-state index in [4.69, 9.17) is 10.5 Å². The Balaban J connectivity index is 2.61. The summed E-state index contributed by atoms with van der Waals surface area (Å²) in [7, 11) is 1.44. The number of nitrogens with two attached hydrogens (primary N) is 1. The number of methoxy groups -OCH3 is 1. The van der Waals surface area contributed by atoms with Crippen molar-refractivity contribution in [2.24, 2.45) is 0 Å². The van der Waals surface area contributed by atoms with Crippen molar-refractivity contribution < 1.29 is 9.13 Å². The first-order valence-electron chi connectivity index (χ1n) is 6.21.